The summed E-state index contributed by atoms with van der Waals surface area (Å²) in [4.78, 5) is 2.25. The van der Waals surface area contributed by atoms with E-state index in [-0.39, 0.29) is 0 Å². The molecule has 0 spiro atoms. The van der Waals surface area contributed by atoms with Gasteiger partial charge in [0.25, 0.3) is 0 Å². The van der Waals surface area contributed by atoms with Gasteiger partial charge in [-0.1, -0.05) is 46.9 Å². The molecule has 0 aromatic heterocycles. The van der Waals surface area contributed by atoms with Crippen LogP contribution in [0.2, 0.25) is 0 Å². The summed E-state index contributed by atoms with van der Waals surface area (Å²) in [6.45, 7) is 19.1. The Hall–Kier alpha value is -1.06. The molecule has 2 unspecified atom stereocenters. The van der Waals surface area contributed by atoms with E-state index < -0.39 is 0 Å². The quantitative estimate of drug-likeness (QED) is 0.523. The maximum atomic E-state index is 5.24. The lowest BCUT2D eigenvalue weighted by molar-refractivity contribution is 0.268. The van der Waals surface area contributed by atoms with Crippen molar-refractivity contribution in [3.8, 4) is 0 Å². The fourth-order valence-corrected chi connectivity index (χ4v) is 1.55. The third-order valence-corrected chi connectivity index (χ3v) is 2.52. The zero-order chi connectivity index (χ0) is 14.7. The SMILES string of the molecule is C=C/C=C(\C=C)N(CC1CO1)CC1CO1.CC.CC. The average molecular weight is 267 g/mol. The third kappa shape index (κ3) is 7.85. The standard InChI is InChI=1S/C12H17NO2.2C2H6/c1-3-5-10(4-2)13(6-11-8-14-11)7-12-9-15-12;2*1-2/h3-5,11-12H,1-2,6-9H2;2*1-2H3/b10-5+;;. The van der Waals surface area contributed by atoms with Crippen molar-refractivity contribution in [2.24, 2.45) is 0 Å². The van der Waals surface area contributed by atoms with Crippen LogP contribution in [-0.2, 0) is 9.47 Å². The zero-order valence-corrected chi connectivity index (χ0v) is 12.9. The number of rotatable bonds is 7. The van der Waals surface area contributed by atoms with Crippen LogP contribution in [0.15, 0.2) is 37.1 Å². The summed E-state index contributed by atoms with van der Waals surface area (Å²) in [5, 5.41) is 0. The van der Waals surface area contributed by atoms with Gasteiger partial charge >= 0.3 is 0 Å². The Morgan fingerprint density at radius 1 is 1.05 bits per heavy atom. The number of nitrogens with zero attached hydrogens (tertiary/aromatic N) is 1. The van der Waals surface area contributed by atoms with Crippen molar-refractivity contribution < 1.29 is 9.47 Å². The van der Waals surface area contributed by atoms with Crippen molar-refractivity contribution in [3.63, 3.8) is 0 Å². The molecule has 110 valence electrons. The van der Waals surface area contributed by atoms with Gasteiger partial charge in [0.1, 0.15) is 0 Å². The van der Waals surface area contributed by atoms with Crippen LogP contribution in [-0.4, -0.2) is 43.4 Å². The molecule has 2 aliphatic rings. The molecule has 2 aliphatic heterocycles. The lowest BCUT2D eigenvalue weighted by Gasteiger charge is -2.23. The van der Waals surface area contributed by atoms with Crippen LogP contribution in [0.5, 0.6) is 0 Å². The molecular weight excluding hydrogens is 238 g/mol. The smallest absolute Gasteiger partial charge is 0.0984 e. The minimum atomic E-state index is 0.386. The van der Waals surface area contributed by atoms with E-state index in [1.807, 2.05) is 39.8 Å². The monoisotopic (exact) mass is 267 g/mol. The molecule has 2 rings (SSSR count). The maximum absolute atomic E-state index is 5.24. The second-order valence-electron chi connectivity index (χ2n) is 3.85. The topological polar surface area (TPSA) is 28.3 Å². The third-order valence-electron chi connectivity index (χ3n) is 2.52. The first-order valence-electron chi connectivity index (χ1n) is 7.26. The molecular formula is C16H29NO2. The molecule has 0 N–H and O–H groups in total. The first-order valence-corrected chi connectivity index (χ1v) is 7.26. The van der Waals surface area contributed by atoms with Crippen LogP contribution < -0.4 is 0 Å². The van der Waals surface area contributed by atoms with Gasteiger partial charge in [-0.25, -0.2) is 0 Å². The molecule has 0 saturated carbocycles. The van der Waals surface area contributed by atoms with Crippen molar-refractivity contribution in [2.45, 2.75) is 39.9 Å². The Labute approximate surface area is 118 Å². The Morgan fingerprint density at radius 3 is 1.74 bits per heavy atom. The van der Waals surface area contributed by atoms with Crippen molar-refractivity contribution in [1.29, 1.82) is 0 Å². The van der Waals surface area contributed by atoms with E-state index in [4.69, 9.17) is 9.47 Å². The van der Waals surface area contributed by atoms with E-state index in [0.29, 0.717) is 12.2 Å². The van der Waals surface area contributed by atoms with Crippen LogP contribution >= 0.6 is 0 Å². The Bertz CT molecular complexity index is 264. The summed E-state index contributed by atoms with van der Waals surface area (Å²) >= 11 is 0. The Morgan fingerprint density at radius 2 is 1.47 bits per heavy atom. The number of ether oxygens (including phenoxy) is 2. The second-order valence-corrected chi connectivity index (χ2v) is 3.85. The lowest BCUT2D eigenvalue weighted by Crippen LogP contribution is -2.30. The molecule has 3 heteroatoms. The van der Waals surface area contributed by atoms with Gasteiger partial charge in [-0.15, -0.1) is 0 Å². The minimum absolute atomic E-state index is 0.386. The summed E-state index contributed by atoms with van der Waals surface area (Å²) in [7, 11) is 0. The van der Waals surface area contributed by atoms with Gasteiger partial charge in [-0.05, 0) is 12.2 Å². The first-order chi connectivity index (χ1) is 9.33. The predicted octanol–water partition coefficient (Wildman–Crippen LogP) is 3.39. The van der Waals surface area contributed by atoms with Gasteiger partial charge in [0.15, 0.2) is 0 Å². The van der Waals surface area contributed by atoms with E-state index in [9.17, 15) is 0 Å². The molecule has 19 heavy (non-hydrogen) atoms. The fraction of sp³-hybridized carbons (Fsp3) is 0.625. The number of hydrogen-bond donors (Lipinski definition) is 0. The van der Waals surface area contributed by atoms with Gasteiger partial charge in [0.2, 0.25) is 0 Å². The van der Waals surface area contributed by atoms with Gasteiger partial charge in [-0.2, -0.15) is 0 Å². The minimum Gasteiger partial charge on any atom is -0.371 e. The number of epoxide rings is 2. The summed E-state index contributed by atoms with van der Waals surface area (Å²) in [5.74, 6) is 0. The summed E-state index contributed by atoms with van der Waals surface area (Å²) in [6, 6.07) is 0. The van der Waals surface area contributed by atoms with E-state index in [2.05, 4.69) is 18.1 Å². The average Bonchev–Trinajstić information content (AvgIpc) is 3.36. The predicted molar refractivity (Wildman–Crippen MR) is 82.2 cm³/mol. The highest BCUT2D eigenvalue weighted by Gasteiger charge is 2.30. The molecule has 0 radical (unpaired) electrons. The lowest BCUT2D eigenvalue weighted by atomic mass is 10.2. The molecule has 0 bridgehead atoms. The largest absolute Gasteiger partial charge is 0.371 e. The first kappa shape index (κ1) is 17.9. The highest BCUT2D eigenvalue weighted by atomic mass is 16.6. The van der Waals surface area contributed by atoms with Crippen LogP contribution in [0.1, 0.15) is 27.7 Å². The second kappa shape index (κ2) is 10.8. The summed E-state index contributed by atoms with van der Waals surface area (Å²) in [6.07, 6.45) is 6.38. The van der Waals surface area contributed by atoms with Crippen molar-refractivity contribution in [1.82, 2.24) is 4.90 Å². The summed E-state index contributed by atoms with van der Waals surface area (Å²) < 4.78 is 10.5. The Kier molecular flexibility index (Phi) is 10.2. The van der Waals surface area contributed by atoms with E-state index in [1.54, 1.807) is 6.08 Å². The maximum Gasteiger partial charge on any atom is 0.0984 e. The van der Waals surface area contributed by atoms with Crippen molar-refractivity contribution >= 4 is 0 Å². The van der Waals surface area contributed by atoms with Crippen molar-refractivity contribution in [3.05, 3.63) is 37.1 Å². The van der Waals surface area contributed by atoms with Crippen LogP contribution in [0.4, 0.5) is 0 Å². The van der Waals surface area contributed by atoms with Gasteiger partial charge in [-0.3, -0.25) is 0 Å². The highest BCUT2D eigenvalue weighted by Crippen LogP contribution is 2.19. The molecule has 0 aliphatic carbocycles. The molecule has 2 atom stereocenters. The number of allylic oxidation sites excluding steroid dienone is 3. The highest BCUT2D eigenvalue weighted by molar-refractivity contribution is 5.20. The van der Waals surface area contributed by atoms with Crippen LogP contribution in [0, 0.1) is 0 Å². The molecule has 2 fully saturated rings. The summed E-state index contributed by atoms with van der Waals surface area (Å²) in [5.41, 5.74) is 1.09. The molecule has 2 saturated heterocycles. The molecule has 0 aromatic carbocycles. The van der Waals surface area contributed by atoms with Crippen molar-refractivity contribution in [2.75, 3.05) is 26.3 Å². The normalized spacial score (nSPS) is 23.1. The zero-order valence-electron chi connectivity index (χ0n) is 12.9. The molecule has 2 heterocycles. The van der Waals surface area contributed by atoms with Gasteiger partial charge in [0.05, 0.1) is 25.4 Å². The van der Waals surface area contributed by atoms with Crippen LogP contribution in [0.25, 0.3) is 0 Å². The van der Waals surface area contributed by atoms with Gasteiger partial charge < -0.3 is 14.4 Å². The molecule has 3 nitrogen and oxygen atoms in total. The van der Waals surface area contributed by atoms with E-state index in [1.165, 1.54) is 0 Å². The van der Waals surface area contributed by atoms with E-state index >= 15 is 0 Å². The van der Waals surface area contributed by atoms with E-state index in [0.717, 1.165) is 32.0 Å². The number of hydrogen-bond acceptors (Lipinski definition) is 3. The molecule has 0 aromatic rings. The van der Waals surface area contributed by atoms with Crippen LogP contribution in [0.3, 0.4) is 0 Å². The Balaban J connectivity index is 0.000000741. The fourth-order valence-electron chi connectivity index (χ4n) is 1.55. The van der Waals surface area contributed by atoms with Gasteiger partial charge in [0, 0.05) is 18.8 Å². The molecule has 0 amide bonds.